The number of rotatable bonds is 8. The van der Waals surface area contributed by atoms with Gasteiger partial charge < -0.3 is 14.8 Å². The molecule has 1 amide bonds. The van der Waals surface area contributed by atoms with Crippen LogP contribution in [0.2, 0.25) is 0 Å². The molecular weight excluding hydrogens is 584 g/mol. The molecule has 7 heteroatoms. The molecule has 0 saturated heterocycles. The minimum Gasteiger partial charge on any atom is -0.494 e. The lowest BCUT2D eigenvalue weighted by molar-refractivity contribution is -0.112. The van der Waals surface area contributed by atoms with Crippen molar-refractivity contribution >= 4 is 60.3 Å². The summed E-state index contributed by atoms with van der Waals surface area (Å²) < 4.78 is 13.1. The number of fused-ring (bicyclic) bond motifs is 1. The van der Waals surface area contributed by atoms with Crippen LogP contribution in [-0.4, -0.2) is 12.5 Å². The highest BCUT2D eigenvalue weighted by Crippen LogP contribution is 2.35. The first kappa shape index (κ1) is 25.5. The maximum atomic E-state index is 12.9. The SMILES string of the molecule is CCOc1ccc(NC(=O)/C(C#N)=C/c2cc(Br)cc(Br)c2OCc2cccc3ccccc23)cc1. The third-order valence-corrected chi connectivity index (χ3v) is 6.42. The largest absolute Gasteiger partial charge is 0.494 e. The molecule has 0 bridgehead atoms. The molecule has 4 aromatic carbocycles. The van der Waals surface area contributed by atoms with E-state index in [-0.39, 0.29) is 5.57 Å². The summed E-state index contributed by atoms with van der Waals surface area (Å²) in [5, 5.41) is 14.7. The van der Waals surface area contributed by atoms with Gasteiger partial charge in [-0.1, -0.05) is 58.4 Å². The van der Waals surface area contributed by atoms with Crippen LogP contribution in [0.5, 0.6) is 11.5 Å². The van der Waals surface area contributed by atoms with Crippen LogP contribution >= 0.6 is 31.9 Å². The monoisotopic (exact) mass is 604 g/mol. The van der Waals surface area contributed by atoms with Crippen molar-refractivity contribution in [2.45, 2.75) is 13.5 Å². The highest BCUT2D eigenvalue weighted by atomic mass is 79.9. The summed E-state index contributed by atoms with van der Waals surface area (Å²) in [6.45, 7) is 2.78. The van der Waals surface area contributed by atoms with Crippen molar-refractivity contribution in [3.63, 3.8) is 0 Å². The third-order valence-electron chi connectivity index (χ3n) is 5.38. The van der Waals surface area contributed by atoms with Crippen molar-refractivity contribution in [1.29, 1.82) is 5.26 Å². The smallest absolute Gasteiger partial charge is 0.266 e. The molecule has 0 fully saturated rings. The number of halogens is 2. The Bertz CT molecular complexity index is 1470. The van der Waals surface area contributed by atoms with Gasteiger partial charge in [-0.15, -0.1) is 0 Å². The molecular formula is C29H22Br2N2O3. The Balaban J connectivity index is 1.59. The zero-order chi connectivity index (χ0) is 25.5. The molecule has 0 aliphatic carbocycles. The van der Waals surface area contributed by atoms with Gasteiger partial charge in [0.25, 0.3) is 5.91 Å². The molecule has 1 N–H and O–H groups in total. The van der Waals surface area contributed by atoms with Gasteiger partial charge in [0.2, 0.25) is 0 Å². The normalized spacial score (nSPS) is 11.1. The van der Waals surface area contributed by atoms with Gasteiger partial charge in [0, 0.05) is 15.7 Å². The number of ether oxygens (including phenoxy) is 2. The number of hydrogen-bond acceptors (Lipinski definition) is 4. The predicted octanol–water partition coefficient (Wildman–Crippen LogP) is 7.89. The first-order chi connectivity index (χ1) is 17.5. The fourth-order valence-electron chi connectivity index (χ4n) is 3.71. The predicted molar refractivity (Wildman–Crippen MR) is 150 cm³/mol. The number of nitrogens with zero attached hydrogens (tertiary/aromatic N) is 1. The Morgan fingerprint density at radius 3 is 2.50 bits per heavy atom. The van der Waals surface area contributed by atoms with Gasteiger partial charge in [-0.2, -0.15) is 5.26 Å². The summed E-state index contributed by atoms with van der Waals surface area (Å²) in [5.74, 6) is 0.726. The number of nitriles is 1. The Morgan fingerprint density at radius 2 is 1.75 bits per heavy atom. The highest BCUT2D eigenvalue weighted by Gasteiger charge is 2.15. The summed E-state index contributed by atoms with van der Waals surface area (Å²) in [6, 6.07) is 26.9. The van der Waals surface area contributed by atoms with E-state index in [4.69, 9.17) is 9.47 Å². The van der Waals surface area contributed by atoms with Gasteiger partial charge in [-0.3, -0.25) is 4.79 Å². The molecule has 0 heterocycles. The van der Waals surface area contributed by atoms with Crippen LogP contribution < -0.4 is 14.8 Å². The van der Waals surface area contributed by atoms with Crippen LogP contribution in [0.25, 0.3) is 16.8 Å². The van der Waals surface area contributed by atoms with Crippen LogP contribution in [0.4, 0.5) is 5.69 Å². The topological polar surface area (TPSA) is 71.3 Å². The minimum absolute atomic E-state index is 0.0519. The molecule has 0 spiro atoms. The lowest BCUT2D eigenvalue weighted by Crippen LogP contribution is -2.13. The molecule has 0 aliphatic heterocycles. The quantitative estimate of drug-likeness (QED) is 0.164. The van der Waals surface area contributed by atoms with Crippen LogP contribution in [0, 0.1) is 11.3 Å². The van der Waals surface area contributed by atoms with Gasteiger partial charge in [-0.25, -0.2) is 0 Å². The van der Waals surface area contributed by atoms with E-state index in [2.05, 4.69) is 55.4 Å². The minimum atomic E-state index is -0.516. The summed E-state index contributed by atoms with van der Waals surface area (Å²) in [5.41, 5.74) is 2.14. The summed E-state index contributed by atoms with van der Waals surface area (Å²) >= 11 is 7.05. The van der Waals surface area contributed by atoms with Crippen LogP contribution in [0.3, 0.4) is 0 Å². The van der Waals surface area contributed by atoms with Crippen molar-refractivity contribution in [2.24, 2.45) is 0 Å². The molecule has 36 heavy (non-hydrogen) atoms. The molecule has 0 saturated carbocycles. The Labute approximate surface area is 226 Å². The van der Waals surface area contributed by atoms with Crippen LogP contribution in [0.15, 0.2) is 93.4 Å². The molecule has 0 aromatic heterocycles. The molecule has 0 radical (unpaired) electrons. The van der Waals surface area contributed by atoms with Crippen molar-refractivity contribution in [2.75, 3.05) is 11.9 Å². The van der Waals surface area contributed by atoms with Crippen LogP contribution in [-0.2, 0) is 11.4 Å². The second kappa shape index (κ2) is 11.9. The summed E-state index contributed by atoms with van der Waals surface area (Å²) in [4.78, 5) is 12.9. The molecule has 180 valence electrons. The van der Waals surface area contributed by atoms with E-state index < -0.39 is 5.91 Å². The van der Waals surface area contributed by atoms with E-state index in [1.165, 1.54) is 6.08 Å². The van der Waals surface area contributed by atoms with E-state index in [1.54, 1.807) is 24.3 Å². The van der Waals surface area contributed by atoms with Crippen molar-refractivity contribution in [1.82, 2.24) is 0 Å². The van der Waals surface area contributed by atoms with Crippen molar-refractivity contribution in [3.8, 4) is 17.6 Å². The Hall–Kier alpha value is -3.60. The number of anilines is 1. The molecule has 0 aliphatic rings. The first-order valence-corrected chi connectivity index (χ1v) is 12.8. The average Bonchev–Trinajstić information content (AvgIpc) is 2.88. The number of benzene rings is 4. The second-order valence-corrected chi connectivity index (χ2v) is 9.58. The molecule has 0 unspecified atom stereocenters. The maximum absolute atomic E-state index is 12.9. The van der Waals surface area contributed by atoms with Crippen LogP contribution in [0.1, 0.15) is 18.1 Å². The zero-order valence-electron chi connectivity index (χ0n) is 19.4. The summed E-state index contributed by atoms with van der Waals surface area (Å²) in [7, 11) is 0. The van der Waals surface area contributed by atoms with Gasteiger partial charge in [0.1, 0.15) is 29.7 Å². The molecule has 4 aromatic rings. The maximum Gasteiger partial charge on any atom is 0.266 e. The Kier molecular flexibility index (Phi) is 8.42. The van der Waals surface area contributed by atoms with Gasteiger partial charge >= 0.3 is 0 Å². The second-order valence-electron chi connectivity index (χ2n) is 7.81. The number of carbonyl (C=O) groups excluding carboxylic acids is 1. The average molecular weight is 606 g/mol. The van der Waals surface area contributed by atoms with Gasteiger partial charge in [-0.05, 0) is 81.7 Å². The van der Waals surface area contributed by atoms with Gasteiger partial charge in [0.05, 0.1) is 11.1 Å². The molecule has 4 rings (SSSR count). The van der Waals surface area contributed by atoms with E-state index in [1.807, 2.05) is 49.4 Å². The number of nitrogens with one attached hydrogen (secondary N) is 1. The number of hydrogen-bond donors (Lipinski definition) is 1. The fourth-order valence-corrected chi connectivity index (χ4v) is 5.08. The lowest BCUT2D eigenvalue weighted by atomic mass is 10.1. The third kappa shape index (κ3) is 6.14. The lowest BCUT2D eigenvalue weighted by Gasteiger charge is -2.14. The highest BCUT2D eigenvalue weighted by molar-refractivity contribution is 9.11. The Morgan fingerprint density at radius 1 is 1.00 bits per heavy atom. The van der Waals surface area contributed by atoms with E-state index in [9.17, 15) is 10.1 Å². The fraction of sp³-hybridized carbons (Fsp3) is 0.103. The summed E-state index contributed by atoms with van der Waals surface area (Å²) in [6.07, 6.45) is 1.53. The standard InChI is InChI=1S/C29H22Br2N2O3/c1-2-35-25-12-10-24(11-13-25)33-29(34)22(17-32)14-21-15-23(30)16-27(31)28(21)36-18-20-8-5-7-19-6-3-4-9-26(19)20/h3-16H,2,18H2,1H3,(H,33,34)/b22-14+. The van der Waals surface area contributed by atoms with E-state index >= 15 is 0 Å². The van der Waals surface area contributed by atoms with E-state index in [0.717, 1.165) is 20.8 Å². The number of amides is 1. The van der Waals surface area contributed by atoms with Crippen molar-refractivity contribution < 1.29 is 14.3 Å². The first-order valence-electron chi connectivity index (χ1n) is 11.2. The van der Waals surface area contributed by atoms with Gasteiger partial charge in [0.15, 0.2) is 0 Å². The zero-order valence-corrected chi connectivity index (χ0v) is 22.6. The number of carbonyl (C=O) groups is 1. The van der Waals surface area contributed by atoms with E-state index in [0.29, 0.717) is 40.4 Å². The van der Waals surface area contributed by atoms with Crippen molar-refractivity contribution in [3.05, 3.63) is 105 Å². The molecule has 0 atom stereocenters. The molecule has 5 nitrogen and oxygen atoms in total.